The van der Waals surface area contributed by atoms with Crippen LogP contribution in [0.3, 0.4) is 0 Å². The van der Waals surface area contributed by atoms with Gasteiger partial charge in [0.25, 0.3) is 5.91 Å². The molecular formula is C16H19F2NO5. The van der Waals surface area contributed by atoms with E-state index in [1.54, 1.807) is 0 Å². The van der Waals surface area contributed by atoms with Gasteiger partial charge in [0.2, 0.25) is 0 Å². The topological polar surface area (TPSA) is 76.1 Å². The predicted octanol–water partition coefficient (Wildman–Crippen LogP) is 2.24. The van der Waals surface area contributed by atoms with Gasteiger partial charge in [-0.1, -0.05) is 6.07 Å². The molecule has 1 aliphatic rings. The van der Waals surface area contributed by atoms with E-state index in [2.05, 4.69) is 4.74 Å². The largest absolute Gasteiger partial charge is 0.481 e. The second-order valence-electron chi connectivity index (χ2n) is 5.76. The average molecular weight is 343 g/mol. The van der Waals surface area contributed by atoms with Gasteiger partial charge < -0.3 is 19.5 Å². The van der Waals surface area contributed by atoms with Crippen LogP contribution in [0.15, 0.2) is 24.3 Å². The second-order valence-corrected chi connectivity index (χ2v) is 5.76. The van der Waals surface area contributed by atoms with Crippen LogP contribution in [0, 0.1) is 5.41 Å². The molecule has 6 nitrogen and oxygen atoms in total. The minimum absolute atomic E-state index is 0.000641. The van der Waals surface area contributed by atoms with Crippen molar-refractivity contribution in [2.24, 2.45) is 5.41 Å². The van der Waals surface area contributed by atoms with Crippen molar-refractivity contribution in [1.82, 2.24) is 4.90 Å². The summed E-state index contributed by atoms with van der Waals surface area (Å²) < 4.78 is 33.9. The number of benzene rings is 1. The minimum Gasteiger partial charge on any atom is -0.481 e. The van der Waals surface area contributed by atoms with Gasteiger partial charge in [-0.05, 0) is 31.0 Å². The van der Waals surface area contributed by atoms with Gasteiger partial charge in [0.1, 0.15) is 11.2 Å². The molecule has 1 fully saturated rings. The van der Waals surface area contributed by atoms with Crippen LogP contribution in [0.1, 0.15) is 23.2 Å². The molecule has 0 aliphatic carbocycles. The quantitative estimate of drug-likeness (QED) is 0.857. The van der Waals surface area contributed by atoms with Crippen molar-refractivity contribution in [3.05, 3.63) is 29.8 Å². The zero-order chi connectivity index (χ0) is 17.7. The summed E-state index contributed by atoms with van der Waals surface area (Å²) in [6.45, 7) is -2.57. The first-order valence-electron chi connectivity index (χ1n) is 7.44. The number of carboxylic acids is 1. The molecule has 1 unspecified atom stereocenters. The van der Waals surface area contributed by atoms with E-state index >= 15 is 0 Å². The van der Waals surface area contributed by atoms with Crippen LogP contribution in [0.5, 0.6) is 5.75 Å². The summed E-state index contributed by atoms with van der Waals surface area (Å²) in [5.74, 6) is -1.55. The number of alkyl halides is 2. The number of carboxylic acid groups (broad SMARTS) is 1. The van der Waals surface area contributed by atoms with Crippen molar-refractivity contribution in [3.63, 3.8) is 0 Å². The number of likely N-dealkylation sites (tertiary alicyclic amines) is 1. The SMILES string of the molecule is COCC1(C(=O)O)CCCN(C(=O)c2cccc(OC(F)F)c2)C1. The summed E-state index contributed by atoms with van der Waals surface area (Å²) in [4.78, 5) is 25.6. The van der Waals surface area contributed by atoms with E-state index in [9.17, 15) is 23.5 Å². The summed E-state index contributed by atoms with van der Waals surface area (Å²) in [7, 11) is 1.41. The van der Waals surface area contributed by atoms with Crippen LogP contribution in [0.2, 0.25) is 0 Å². The van der Waals surface area contributed by atoms with Crippen molar-refractivity contribution in [1.29, 1.82) is 0 Å². The third-order valence-electron chi connectivity index (χ3n) is 4.04. The first kappa shape index (κ1) is 18.1. The maximum Gasteiger partial charge on any atom is 0.387 e. The van der Waals surface area contributed by atoms with Crippen molar-refractivity contribution in [3.8, 4) is 5.75 Å². The van der Waals surface area contributed by atoms with E-state index in [1.807, 2.05) is 0 Å². The highest BCUT2D eigenvalue weighted by molar-refractivity contribution is 5.95. The number of piperidine rings is 1. The van der Waals surface area contributed by atoms with Crippen molar-refractivity contribution >= 4 is 11.9 Å². The van der Waals surface area contributed by atoms with Gasteiger partial charge in [-0.3, -0.25) is 9.59 Å². The fourth-order valence-corrected chi connectivity index (χ4v) is 2.92. The van der Waals surface area contributed by atoms with Gasteiger partial charge in [-0.2, -0.15) is 8.78 Å². The molecule has 8 heteroatoms. The lowest BCUT2D eigenvalue weighted by Gasteiger charge is -2.39. The number of carbonyl (C=O) groups is 2. The Kier molecular flexibility index (Phi) is 5.71. The Morgan fingerprint density at radius 2 is 2.17 bits per heavy atom. The highest BCUT2D eigenvalue weighted by atomic mass is 19.3. The molecule has 1 saturated heterocycles. The summed E-state index contributed by atoms with van der Waals surface area (Å²) in [5.41, 5.74) is -0.980. The molecule has 1 heterocycles. The number of hydrogen-bond acceptors (Lipinski definition) is 4. The molecule has 132 valence electrons. The molecule has 0 spiro atoms. The Morgan fingerprint density at radius 1 is 1.42 bits per heavy atom. The van der Waals surface area contributed by atoms with Crippen LogP contribution in [0.25, 0.3) is 0 Å². The molecule has 0 bridgehead atoms. The number of methoxy groups -OCH3 is 1. The Hall–Kier alpha value is -2.22. The van der Waals surface area contributed by atoms with Crippen LogP contribution in [-0.2, 0) is 9.53 Å². The van der Waals surface area contributed by atoms with E-state index in [0.717, 1.165) is 0 Å². The third kappa shape index (κ3) is 4.00. The molecule has 0 radical (unpaired) electrons. The molecule has 1 aromatic rings. The third-order valence-corrected chi connectivity index (χ3v) is 4.04. The molecule has 1 aromatic carbocycles. The number of ether oxygens (including phenoxy) is 2. The highest BCUT2D eigenvalue weighted by Crippen LogP contribution is 2.32. The Balaban J connectivity index is 2.18. The zero-order valence-electron chi connectivity index (χ0n) is 13.2. The van der Waals surface area contributed by atoms with Crippen molar-refractivity contribution in [2.75, 3.05) is 26.8 Å². The molecular weight excluding hydrogens is 324 g/mol. The van der Waals surface area contributed by atoms with Gasteiger partial charge in [0.05, 0.1) is 6.61 Å². The Bertz CT molecular complexity index is 606. The lowest BCUT2D eigenvalue weighted by atomic mass is 9.80. The second kappa shape index (κ2) is 7.57. The average Bonchev–Trinajstić information content (AvgIpc) is 2.54. The molecule has 0 aromatic heterocycles. The molecule has 1 amide bonds. The monoisotopic (exact) mass is 343 g/mol. The molecule has 24 heavy (non-hydrogen) atoms. The maximum absolute atomic E-state index is 12.6. The van der Waals surface area contributed by atoms with E-state index in [4.69, 9.17) is 4.74 Å². The van der Waals surface area contributed by atoms with Crippen LogP contribution in [-0.4, -0.2) is 55.3 Å². The maximum atomic E-state index is 12.6. The summed E-state index contributed by atoms with van der Waals surface area (Å²) in [6, 6.07) is 5.47. The fourth-order valence-electron chi connectivity index (χ4n) is 2.92. The van der Waals surface area contributed by atoms with E-state index in [-0.39, 0.29) is 24.5 Å². The summed E-state index contributed by atoms with van der Waals surface area (Å²) >= 11 is 0. The first-order chi connectivity index (χ1) is 11.4. The number of hydrogen-bond donors (Lipinski definition) is 1. The van der Waals surface area contributed by atoms with Crippen LogP contribution in [0.4, 0.5) is 8.78 Å². The number of aliphatic carboxylic acids is 1. The normalized spacial score (nSPS) is 20.9. The van der Waals surface area contributed by atoms with E-state index in [1.165, 1.54) is 36.3 Å². The summed E-state index contributed by atoms with van der Waals surface area (Å²) in [6.07, 6.45) is 0.934. The van der Waals surface area contributed by atoms with E-state index in [0.29, 0.717) is 19.4 Å². The van der Waals surface area contributed by atoms with Crippen molar-refractivity contribution < 1.29 is 33.0 Å². The highest BCUT2D eigenvalue weighted by Gasteiger charge is 2.44. The van der Waals surface area contributed by atoms with Crippen LogP contribution < -0.4 is 4.74 Å². The molecule has 1 N–H and O–H groups in total. The van der Waals surface area contributed by atoms with E-state index < -0.39 is 23.9 Å². The molecule has 1 atom stereocenters. The van der Waals surface area contributed by atoms with Gasteiger partial charge >= 0.3 is 12.6 Å². The van der Waals surface area contributed by atoms with Gasteiger partial charge in [0.15, 0.2) is 0 Å². The van der Waals surface area contributed by atoms with Crippen LogP contribution >= 0.6 is 0 Å². The molecule has 0 saturated carbocycles. The predicted molar refractivity (Wildman–Crippen MR) is 80.2 cm³/mol. The lowest BCUT2D eigenvalue weighted by molar-refractivity contribution is -0.155. The Morgan fingerprint density at radius 3 is 2.79 bits per heavy atom. The molecule has 1 aliphatic heterocycles. The van der Waals surface area contributed by atoms with Gasteiger partial charge in [-0.25, -0.2) is 0 Å². The number of rotatable bonds is 6. The fraction of sp³-hybridized carbons (Fsp3) is 0.500. The van der Waals surface area contributed by atoms with Gasteiger partial charge in [-0.15, -0.1) is 0 Å². The van der Waals surface area contributed by atoms with Crippen molar-refractivity contribution in [2.45, 2.75) is 19.5 Å². The number of nitrogens with zero attached hydrogens (tertiary/aromatic N) is 1. The smallest absolute Gasteiger partial charge is 0.387 e. The number of amides is 1. The first-order valence-corrected chi connectivity index (χ1v) is 7.44. The number of carbonyl (C=O) groups excluding carboxylic acids is 1. The minimum atomic E-state index is -2.98. The zero-order valence-corrected chi connectivity index (χ0v) is 13.2. The lowest BCUT2D eigenvalue weighted by Crippen LogP contribution is -2.52. The standard InChI is InChI=1S/C16H19F2NO5/c1-23-10-16(14(21)22)6-3-7-19(9-16)13(20)11-4-2-5-12(8-11)24-15(17)18/h2,4-5,8,15H,3,6-7,9-10H2,1H3,(H,21,22). The summed E-state index contributed by atoms with van der Waals surface area (Å²) in [5, 5.41) is 9.51. The molecule has 2 rings (SSSR count). The van der Waals surface area contributed by atoms with Gasteiger partial charge in [0, 0.05) is 25.8 Å². The Labute approximate surface area is 138 Å². The number of halogens is 2.